The van der Waals surface area contributed by atoms with E-state index in [-0.39, 0.29) is 12.5 Å². The van der Waals surface area contributed by atoms with Gasteiger partial charge < -0.3 is 14.6 Å². The lowest BCUT2D eigenvalue weighted by molar-refractivity contribution is -0.127. The van der Waals surface area contributed by atoms with Crippen molar-refractivity contribution in [2.24, 2.45) is 0 Å². The number of nitrogens with zero attached hydrogens (tertiary/aromatic N) is 2. The molecule has 3 aromatic rings. The Bertz CT molecular complexity index is 920. The summed E-state index contributed by atoms with van der Waals surface area (Å²) in [7, 11) is 0. The molecule has 0 aliphatic rings. The van der Waals surface area contributed by atoms with E-state index in [0.717, 1.165) is 28.9 Å². The predicted molar refractivity (Wildman–Crippen MR) is 102 cm³/mol. The van der Waals surface area contributed by atoms with Gasteiger partial charge in [0.15, 0.2) is 6.10 Å². The number of amides is 1. The number of hydrogen-bond acceptors (Lipinski definition) is 5. The number of aromatic nitrogens is 2. The molecule has 2 aromatic carbocycles. The van der Waals surface area contributed by atoms with Gasteiger partial charge in [-0.15, -0.1) is 0 Å². The van der Waals surface area contributed by atoms with Crippen LogP contribution in [-0.4, -0.2) is 22.2 Å². The molecule has 0 aliphatic carbocycles. The van der Waals surface area contributed by atoms with Crippen LogP contribution in [0.25, 0.3) is 11.4 Å². The molecule has 0 bridgehead atoms. The molecule has 0 saturated carbocycles. The molecule has 1 atom stereocenters. The third-order valence-electron chi connectivity index (χ3n) is 4.18. The van der Waals surface area contributed by atoms with E-state index in [2.05, 4.69) is 15.5 Å². The van der Waals surface area contributed by atoms with Crippen molar-refractivity contribution < 1.29 is 14.1 Å². The zero-order valence-corrected chi connectivity index (χ0v) is 15.7. The third kappa shape index (κ3) is 4.73. The smallest absolute Gasteiger partial charge is 0.261 e. The first-order valence-corrected chi connectivity index (χ1v) is 8.98. The molecule has 0 fully saturated rings. The minimum atomic E-state index is -0.628. The van der Waals surface area contributed by atoms with Gasteiger partial charge in [-0.3, -0.25) is 4.79 Å². The standard InChI is InChI=1S/C21H23N3O3/c1-4-16-9-5-6-11-18(16)26-15(3)21(25)22-13-19-23-20(24-27-19)17-10-7-8-14(2)12-17/h5-12,15H,4,13H2,1-3H3,(H,22,25)/t15-/m1/s1. The van der Waals surface area contributed by atoms with Crippen LogP contribution in [-0.2, 0) is 17.8 Å². The first-order chi connectivity index (χ1) is 13.1. The summed E-state index contributed by atoms with van der Waals surface area (Å²) in [5.74, 6) is 1.34. The van der Waals surface area contributed by atoms with Crippen LogP contribution in [0.1, 0.15) is 30.9 Å². The minimum Gasteiger partial charge on any atom is -0.481 e. The molecule has 140 valence electrons. The minimum absolute atomic E-state index is 0.154. The fraction of sp³-hybridized carbons (Fsp3) is 0.286. The summed E-state index contributed by atoms with van der Waals surface area (Å²) in [5, 5.41) is 6.74. The summed E-state index contributed by atoms with van der Waals surface area (Å²) in [6.45, 7) is 5.92. The lowest BCUT2D eigenvalue weighted by atomic mass is 10.1. The first kappa shape index (κ1) is 18.6. The van der Waals surface area contributed by atoms with Crippen molar-refractivity contribution in [1.29, 1.82) is 0 Å². The van der Waals surface area contributed by atoms with Gasteiger partial charge in [-0.1, -0.05) is 54.0 Å². The van der Waals surface area contributed by atoms with Crippen LogP contribution in [0.2, 0.25) is 0 Å². The molecule has 0 radical (unpaired) electrons. The molecule has 1 aromatic heterocycles. The number of aryl methyl sites for hydroxylation is 2. The Labute approximate surface area is 158 Å². The normalized spacial score (nSPS) is 11.8. The summed E-state index contributed by atoms with van der Waals surface area (Å²) in [4.78, 5) is 16.6. The Hall–Kier alpha value is -3.15. The average Bonchev–Trinajstić information content (AvgIpc) is 3.15. The molecule has 1 amide bonds. The molecule has 1 N–H and O–H groups in total. The quantitative estimate of drug-likeness (QED) is 0.691. The number of nitrogens with one attached hydrogen (secondary N) is 1. The van der Waals surface area contributed by atoms with Crippen LogP contribution in [0.5, 0.6) is 5.75 Å². The number of hydrogen-bond donors (Lipinski definition) is 1. The number of rotatable bonds is 7. The van der Waals surface area contributed by atoms with E-state index in [4.69, 9.17) is 9.26 Å². The monoisotopic (exact) mass is 365 g/mol. The van der Waals surface area contributed by atoms with Gasteiger partial charge in [0, 0.05) is 5.56 Å². The fourth-order valence-corrected chi connectivity index (χ4v) is 2.69. The maximum absolute atomic E-state index is 12.3. The number of para-hydroxylation sites is 1. The van der Waals surface area contributed by atoms with Gasteiger partial charge >= 0.3 is 0 Å². The van der Waals surface area contributed by atoms with E-state index in [1.165, 1.54) is 0 Å². The van der Waals surface area contributed by atoms with Crippen molar-refractivity contribution in [3.05, 3.63) is 65.5 Å². The van der Waals surface area contributed by atoms with E-state index in [1.54, 1.807) is 6.92 Å². The number of benzene rings is 2. The largest absolute Gasteiger partial charge is 0.481 e. The molecule has 1 heterocycles. The van der Waals surface area contributed by atoms with E-state index in [1.807, 2.05) is 62.4 Å². The Morgan fingerprint density at radius 2 is 2.04 bits per heavy atom. The van der Waals surface area contributed by atoms with Crippen molar-refractivity contribution in [2.75, 3.05) is 0 Å². The summed E-state index contributed by atoms with van der Waals surface area (Å²) in [5.41, 5.74) is 3.06. The summed E-state index contributed by atoms with van der Waals surface area (Å²) < 4.78 is 11.0. The van der Waals surface area contributed by atoms with E-state index in [0.29, 0.717) is 11.7 Å². The maximum atomic E-state index is 12.3. The molecule has 0 unspecified atom stereocenters. The number of carbonyl (C=O) groups excluding carboxylic acids is 1. The molecule has 6 heteroatoms. The summed E-state index contributed by atoms with van der Waals surface area (Å²) in [6, 6.07) is 15.6. The highest BCUT2D eigenvalue weighted by Crippen LogP contribution is 2.20. The lowest BCUT2D eigenvalue weighted by Crippen LogP contribution is -2.36. The highest BCUT2D eigenvalue weighted by atomic mass is 16.5. The van der Waals surface area contributed by atoms with Crippen molar-refractivity contribution in [1.82, 2.24) is 15.5 Å². The van der Waals surface area contributed by atoms with Crippen molar-refractivity contribution in [3.63, 3.8) is 0 Å². The van der Waals surface area contributed by atoms with Crippen LogP contribution < -0.4 is 10.1 Å². The van der Waals surface area contributed by atoms with Gasteiger partial charge in [0.05, 0.1) is 6.54 Å². The summed E-state index contributed by atoms with van der Waals surface area (Å²) in [6.07, 6.45) is 0.214. The second-order valence-electron chi connectivity index (χ2n) is 6.32. The first-order valence-electron chi connectivity index (χ1n) is 8.98. The molecule has 0 spiro atoms. The predicted octanol–water partition coefficient (Wildman–Crippen LogP) is 3.69. The van der Waals surface area contributed by atoms with Gasteiger partial charge in [-0.2, -0.15) is 4.98 Å². The van der Waals surface area contributed by atoms with Crippen LogP contribution in [0.4, 0.5) is 0 Å². The fourth-order valence-electron chi connectivity index (χ4n) is 2.69. The Morgan fingerprint density at radius 3 is 2.81 bits per heavy atom. The van der Waals surface area contributed by atoms with Crippen molar-refractivity contribution in [3.8, 4) is 17.1 Å². The van der Waals surface area contributed by atoms with Crippen LogP contribution in [0.3, 0.4) is 0 Å². The second-order valence-corrected chi connectivity index (χ2v) is 6.32. The number of carbonyl (C=O) groups is 1. The Morgan fingerprint density at radius 1 is 1.22 bits per heavy atom. The second kappa shape index (κ2) is 8.49. The Kier molecular flexibility index (Phi) is 5.86. The van der Waals surface area contributed by atoms with Gasteiger partial charge in [0.25, 0.3) is 5.91 Å². The van der Waals surface area contributed by atoms with Gasteiger partial charge in [-0.25, -0.2) is 0 Å². The molecule has 0 saturated heterocycles. The van der Waals surface area contributed by atoms with Gasteiger partial charge in [0.2, 0.25) is 11.7 Å². The van der Waals surface area contributed by atoms with Gasteiger partial charge in [-0.05, 0) is 38.0 Å². The molecule has 0 aliphatic heterocycles. The zero-order valence-electron chi connectivity index (χ0n) is 15.7. The molecular formula is C21H23N3O3. The molecular weight excluding hydrogens is 342 g/mol. The zero-order chi connectivity index (χ0) is 19.2. The van der Waals surface area contributed by atoms with Crippen LogP contribution >= 0.6 is 0 Å². The Balaban J connectivity index is 1.57. The average molecular weight is 365 g/mol. The van der Waals surface area contributed by atoms with Crippen molar-refractivity contribution >= 4 is 5.91 Å². The molecule has 27 heavy (non-hydrogen) atoms. The molecule has 3 rings (SSSR count). The van der Waals surface area contributed by atoms with Crippen LogP contribution in [0, 0.1) is 6.92 Å². The maximum Gasteiger partial charge on any atom is 0.261 e. The van der Waals surface area contributed by atoms with E-state index >= 15 is 0 Å². The summed E-state index contributed by atoms with van der Waals surface area (Å²) >= 11 is 0. The van der Waals surface area contributed by atoms with Crippen LogP contribution in [0.15, 0.2) is 53.1 Å². The van der Waals surface area contributed by atoms with Gasteiger partial charge in [0.1, 0.15) is 5.75 Å². The van der Waals surface area contributed by atoms with E-state index in [9.17, 15) is 4.79 Å². The molecule has 6 nitrogen and oxygen atoms in total. The SMILES string of the molecule is CCc1ccccc1O[C@H](C)C(=O)NCc1nc(-c2cccc(C)c2)no1. The van der Waals surface area contributed by atoms with E-state index < -0.39 is 6.10 Å². The topological polar surface area (TPSA) is 77.2 Å². The highest BCUT2D eigenvalue weighted by molar-refractivity contribution is 5.80. The highest BCUT2D eigenvalue weighted by Gasteiger charge is 2.17. The number of ether oxygens (including phenoxy) is 1. The lowest BCUT2D eigenvalue weighted by Gasteiger charge is -2.16. The van der Waals surface area contributed by atoms with Crippen molar-refractivity contribution in [2.45, 2.75) is 39.8 Å². The third-order valence-corrected chi connectivity index (χ3v) is 4.18.